The summed E-state index contributed by atoms with van der Waals surface area (Å²) in [4.78, 5) is 24.7. The normalized spacial score (nSPS) is 17.8. The van der Waals surface area contributed by atoms with Gasteiger partial charge in [0.15, 0.2) is 5.58 Å². The average Bonchev–Trinajstić information content (AvgIpc) is 3.89. The van der Waals surface area contributed by atoms with Crippen LogP contribution in [0.1, 0.15) is 54.9 Å². The van der Waals surface area contributed by atoms with Crippen molar-refractivity contribution < 1.29 is 32.2 Å². The van der Waals surface area contributed by atoms with Gasteiger partial charge in [0.2, 0.25) is 11.8 Å². The third-order valence-electron chi connectivity index (χ3n) is 10.2. The number of hydrogen-bond acceptors (Lipinski definition) is 9. The second-order valence-electron chi connectivity index (χ2n) is 13.4. The number of aromatic nitrogens is 2. The monoisotopic (exact) mass is 696 g/mol. The molecular weight excluding hydrogens is 654 g/mol. The zero-order chi connectivity index (χ0) is 35.6. The maximum absolute atomic E-state index is 13.4. The van der Waals surface area contributed by atoms with Crippen molar-refractivity contribution in [2.24, 2.45) is 0 Å². The molecule has 3 aromatic carbocycles. The van der Waals surface area contributed by atoms with Crippen LogP contribution < -0.4 is 14.8 Å². The van der Waals surface area contributed by atoms with Gasteiger partial charge in [-0.25, -0.2) is 9.97 Å². The average molecular weight is 697 g/mol. The molecule has 0 spiro atoms. The number of methoxy groups -OCH3 is 1. The lowest BCUT2D eigenvalue weighted by Gasteiger charge is -2.22. The molecule has 2 aliphatic heterocycles. The smallest absolute Gasteiger partial charge is 0.387 e. The van der Waals surface area contributed by atoms with E-state index in [-0.39, 0.29) is 23.5 Å². The molecule has 51 heavy (non-hydrogen) atoms. The van der Waals surface area contributed by atoms with Crippen LogP contribution in [0.3, 0.4) is 0 Å². The number of ether oxygens (including phenoxy) is 3. The highest BCUT2D eigenvalue weighted by Gasteiger charge is 2.26. The van der Waals surface area contributed by atoms with Crippen molar-refractivity contribution in [1.82, 2.24) is 20.2 Å². The number of benzene rings is 3. The molecule has 7 rings (SSSR count). The Morgan fingerprint density at radius 2 is 1.71 bits per heavy atom. The lowest BCUT2D eigenvalue weighted by molar-refractivity contribution is -0.147. The summed E-state index contributed by atoms with van der Waals surface area (Å²) in [7, 11) is 1.67. The number of likely N-dealkylation sites (tertiary alicyclic amines) is 1. The summed E-state index contributed by atoms with van der Waals surface area (Å²) in [5.41, 5.74) is 8.68. The number of pyridine rings is 1. The van der Waals surface area contributed by atoms with Gasteiger partial charge in [-0.3, -0.25) is 9.69 Å². The van der Waals surface area contributed by atoms with E-state index < -0.39 is 18.6 Å². The highest BCUT2D eigenvalue weighted by Crippen LogP contribution is 2.39. The largest absolute Gasteiger partial charge is 0.481 e. The Labute approximate surface area is 295 Å². The maximum Gasteiger partial charge on any atom is 0.387 e. The molecule has 266 valence electrons. The van der Waals surface area contributed by atoms with Gasteiger partial charge < -0.3 is 23.9 Å². The van der Waals surface area contributed by atoms with Crippen molar-refractivity contribution >= 4 is 17.1 Å². The van der Waals surface area contributed by atoms with E-state index in [4.69, 9.17) is 28.6 Å². The second-order valence-corrected chi connectivity index (χ2v) is 13.4. The number of esters is 1. The number of fused-ring (bicyclic) bond motifs is 1. The molecule has 0 amide bonds. The minimum Gasteiger partial charge on any atom is -0.481 e. The number of nitrogens with zero attached hydrogens (tertiary/aromatic N) is 3. The molecule has 2 aliphatic rings. The Morgan fingerprint density at radius 3 is 2.39 bits per heavy atom. The zero-order valence-electron chi connectivity index (χ0n) is 29.3. The number of alkyl halides is 2. The van der Waals surface area contributed by atoms with Gasteiger partial charge >= 0.3 is 12.6 Å². The lowest BCUT2D eigenvalue weighted by Crippen LogP contribution is -2.32. The van der Waals surface area contributed by atoms with Gasteiger partial charge in [-0.05, 0) is 100.0 Å². The fourth-order valence-corrected chi connectivity index (χ4v) is 7.29. The number of nitrogens with one attached hydrogen (secondary N) is 1. The molecule has 2 saturated heterocycles. The maximum atomic E-state index is 13.4. The van der Waals surface area contributed by atoms with E-state index in [0.29, 0.717) is 29.8 Å². The molecule has 0 aliphatic carbocycles. The molecule has 5 aromatic rings. The fourth-order valence-electron chi connectivity index (χ4n) is 7.29. The summed E-state index contributed by atoms with van der Waals surface area (Å²) in [5, 5.41) is 3.08. The predicted molar refractivity (Wildman–Crippen MR) is 191 cm³/mol. The second kappa shape index (κ2) is 14.8. The van der Waals surface area contributed by atoms with E-state index >= 15 is 0 Å². The van der Waals surface area contributed by atoms with Crippen LogP contribution in [0.2, 0.25) is 0 Å². The van der Waals surface area contributed by atoms with Crippen LogP contribution in [-0.4, -0.2) is 59.7 Å². The number of halogens is 2. The van der Waals surface area contributed by atoms with Gasteiger partial charge in [-0.15, -0.1) is 0 Å². The topological polar surface area (TPSA) is 99.0 Å². The first-order valence-corrected chi connectivity index (χ1v) is 17.5. The Bertz CT molecular complexity index is 2060. The number of carbonyl (C=O) groups excluding carboxylic acids is 1. The standard InChI is InChI=1S/C40H42F2N4O5/c1-23-9-8-18-46(23)21-26-15-16-32(44-37(26)48-4)30-12-5-10-28(24(30)2)29-11-6-13-31(25(29)3)38-45-34-19-27(22-49-39(47)33-14-7-17-43-33)35(51-40(41)42)20-36(34)50-38/h5-6,10-13,15-16,19-20,23,33,40,43H,7-9,14,17-18,21-22H2,1-4H3/t23?,33-/m0/s1. The highest BCUT2D eigenvalue weighted by molar-refractivity contribution is 5.84. The summed E-state index contributed by atoms with van der Waals surface area (Å²) in [5.74, 6) is 0.413. The van der Waals surface area contributed by atoms with Crippen molar-refractivity contribution in [2.45, 2.75) is 78.3 Å². The van der Waals surface area contributed by atoms with Gasteiger partial charge in [-0.2, -0.15) is 8.78 Å². The third-order valence-corrected chi connectivity index (χ3v) is 10.2. The lowest BCUT2D eigenvalue weighted by atomic mass is 9.90. The van der Waals surface area contributed by atoms with Crippen LogP contribution >= 0.6 is 0 Å². The molecule has 4 heterocycles. The Hall–Kier alpha value is -4.87. The van der Waals surface area contributed by atoms with E-state index in [1.54, 1.807) is 13.2 Å². The minimum absolute atomic E-state index is 0.130. The molecule has 2 atom stereocenters. The summed E-state index contributed by atoms with van der Waals surface area (Å²) < 4.78 is 49.0. The molecule has 1 unspecified atom stereocenters. The van der Waals surface area contributed by atoms with E-state index in [9.17, 15) is 13.6 Å². The van der Waals surface area contributed by atoms with E-state index in [2.05, 4.69) is 54.4 Å². The first-order valence-electron chi connectivity index (χ1n) is 17.5. The molecule has 2 fully saturated rings. The summed E-state index contributed by atoms with van der Waals surface area (Å²) >= 11 is 0. The molecule has 9 nitrogen and oxygen atoms in total. The van der Waals surface area contributed by atoms with Crippen LogP contribution in [0.4, 0.5) is 8.78 Å². The third kappa shape index (κ3) is 7.18. The van der Waals surface area contributed by atoms with Gasteiger partial charge in [0.25, 0.3) is 0 Å². The SMILES string of the molecule is COc1nc(-c2cccc(-c3cccc(-c4nc5cc(COC(=O)[C@@H]6CCCN6)c(OC(F)F)cc5o4)c3C)c2C)ccc1CN1CCCC1C. The van der Waals surface area contributed by atoms with Crippen molar-refractivity contribution in [3.63, 3.8) is 0 Å². The molecular formula is C40H42F2N4O5. The van der Waals surface area contributed by atoms with Crippen LogP contribution in [0.15, 0.2) is 65.1 Å². The molecule has 0 radical (unpaired) electrons. The number of oxazole rings is 1. The quantitative estimate of drug-likeness (QED) is 0.137. The van der Waals surface area contributed by atoms with Crippen molar-refractivity contribution in [3.8, 4) is 45.5 Å². The number of rotatable bonds is 11. The van der Waals surface area contributed by atoms with Crippen LogP contribution in [0, 0.1) is 13.8 Å². The minimum atomic E-state index is -3.07. The van der Waals surface area contributed by atoms with E-state index in [1.165, 1.54) is 18.9 Å². The molecule has 11 heteroatoms. The summed E-state index contributed by atoms with van der Waals surface area (Å²) in [6.45, 7) is 5.69. The van der Waals surface area contributed by atoms with Gasteiger partial charge in [0.05, 0.1) is 12.8 Å². The van der Waals surface area contributed by atoms with Crippen LogP contribution in [0.5, 0.6) is 11.6 Å². The Morgan fingerprint density at radius 1 is 0.961 bits per heavy atom. The van der Waals surface area contributed by atoms with Gasteiger partial charge in [0, 0.05) is 40.9 Å². The first kappa shape index (κ1) is 34.6. The van der Waals surface area contributed by atoms with Crippen molar-refractivity contribution in [3.05, 3.63) is 82.9 Å². The molecule has 1 N–H and O–H groups in total. The van der Waals surface area contributed by atoms with Gasteiger partial charge in [0.1, 0.15) is 23.9 Å². The predicted octanol–water partition coefficient (Wildman–Crippen LogP) is 8.23. The van der Waals surface area contributed by atoms with Crippen LogP contribution in [-0.2, 0) is 22.7 Å². The summed E-state index contributed by atoms with van der Waals surface area (Å²) in [6, 6.07) is 19.4. The molecule has 0 saturated carbocycles. The first-order chi connectivity index (χ1) is 24.7. The van der Waals surface area contributed by atoms with Crippen molar-refractivity contribution in [1.29, 1.82) is 0 Å². The van der Waals surface area contributed by atoms with E-state index in [1.807, 2.05) is 25.1 Å². The fraction of sp³-hybridized carbons (Fsp3) is 0.375. The Kier molecular flexibility index (Phi) is 10.0. The number of carbonyl (C=O) groups is 1. The van der Waals surface area contributed by atoms with Gasteiger partial charge in [-0.1, -0.05) is 36.4 Å². The zero-order valence-corrected chi connectivity index (χ0v) is 29.3. The van der Waals surface area contributed by atoms with E-state index in [0.717, 1.165) is 70.7 Å². The van der Waals surface area contributed by atoms with Crippen molar-refractivity contribution in [2.75, 3.05) is 20.2 Å². The number of hydrogen-bond donors (Lipinski definition) is 1. The highest BCUT2D eigenvalue weighted by atomic mass is 19.3. The molecule has 0 bridgehead atoms. The Balaban J connectivity index is 1.19. The summed E-state index contributed by atoms with van der Waals surface area (Å²) in [6.07, 6.45) is 3.97. The molecule has 2 aromatic heterocycles. The van der Waals surface area contributed by atoms with Crippen LogP contribution in [0.25, 0.3) is 44.9 Å².